The SMILES string of the molecule is COc1ccc([Si](C)(C)[C@H]2[C@H](CCn3cc(C(CO)c4ccccc4)nn3)O[C@@]3(C(=O)N(Cc4cccc(-n5[nH]c6ccccc6c5=O)c4)c4ccc(Cl)cc43)[C@@H]2C)cc1. The van der Waals surface area contributed by atoms with Crippen molar-refractivity contribution in [1.82, 2.24) is 24.8 Å². The zero-order valence-corrected chi connectivity index (χ0v) is 35.7. The van der Waals surface area contributed by atoms with Crippen molar-refractivity contribution in [2.24, 2.45) is 5.92 Å². The Morgan fingerprint density at radius 3 is 2.47 bits per heavy atom. The van der Waals surface area contributed by atoms with Gasteiger partial charge in [-0.2, -0.15) is 0 Å². The Balaban J connectivity index is 1.07. The van der Waals surface area contributed by atoms with Gasteiger partial charge in [0.05, 0.1) is 68.3 Å². The predicted octanol–water partition coefficient (Wildman–Crippen LogP) is 7.55. The second-order valence-electron chi connectivity index (χ2n) is 16.5. The first-order valence-corrected chi connectivity index (χ1v) is 23.8. The Bertz CT molecular complexity index is 2750. The number of aromatic nitrogens is 5. The monoisotopic (exact) mass is 838 g/mol. The fourth-order valence-corrected chi connectivity index (χ4v) is 14.1. The number of carbonyl (C=O) groups excluding carboxylic acids is 1. The molecule has 1 spiro atoms. The Hall–Kier alpha value is -5.79. The lowest BCUT2D eigenvalue weighted by molar-refractivity contribution is -0.146. The summed E-state index contributed by atoms with van der Waals surface area (Å²) >= 11 is 6.78. The highest BCUT2D eigenvalue weighted by Crippen LogP contribution is 2.60. The Morgan fingerprint density at radius 2 is 1.72 bits per heavy atom. The van der Waals surface area contributed by atoms with Crippen LogP contribution in [-0.4, -0.2) is 63.7 Å². The van der Waals surface area contributed by atoms with Crippen LogP contribution < -0.4 is 20.4 Å². The summed E-state index contributed by atoms with van der Waals surface area (Å²) < 4.78 is 16.3. The van der Waals surface area contributed by atoms with Crippen molar-refractivity contribution in [3.63, 3.8) is 0 Å². The predicted molar refractivity (Wildman–Crippen MR) is 236 cm³/mol. The average molecular weight is 839 g/mol. The van der Waals surface area contributed by atoms with E-state index in [1.165, 1.54) is 5.19 Å². The van der Waals surface area contributed by atoms with Gasteiger partial charge in [0.1, 0.15) is 5.75 Å². The van der Waals surface area contributed by atoms with Crippen LogP contribution in [0.15, 0.2) is 132 Å². The number of hydrogen-bond acceptors (Lipinski definition) is 7. The number of ether oxygens (including phenoxy) is 2. The van der Waals surface area contributed by atoms with Crippen LogP contribution in [0.5, 0.6) is 5.75 Å². The van der Waals surface area contributed by atoms with Crippen LogP contribution in [0.2, 0.25) is 23.7 Å². The lowest BCUT2D eigenvalue weighted by Gasteiger charge is -2.37. The Morgan fingerprint density at radius 1 is 0.950 bits per heavy atom. The van der Waals surface area contributed by atoms with E-state index in [9.17, 15) is 9.90 Å². The fourth-order valence-electron chi connectivity index (χ4n) is 9.83. The first kappa shape index (κ1) is 39.7. The molecule has 13 heteroatoms. The Kier molecular flexibility index (Phi) is 10.4. The number of H-pyrrole nitrogens is 1. The summed E-state index contributed by atoms with van der Waals surface area (Å²) in [4.78, 5) is 30.6. The van der Waals surface area contributed by atoms with E-state index in [4.69, 9.17) is 21.1 Å². The molecule has 1 unspecified atom stereocenters. The number of anilines is 1. The topological polar surface area (TPSA) is 127 Å². The van der Waals surface area contributed by atoms with E-state index in [1.807, 2.05) is 125 Å². The lowest BCUT2D eigenvalue weighted by atomic mass is 9.82. The minimum atomic E-state index is -2.43. The van der Waals surface area contributed by atoms with Gasteiger partial charge in [0, 0.05) is 29.2 Å². The number of hydrogen-bond donors (Lipinski definition) is 2. The van der Waals surface area contributed by atoms with Crippen LogP contribution in [-0.2, 0) is 28.2 Å². The molecule has 1 fully saturated rings. The maximum Gasteiger partial charge on any atom is 0.279 e. The number of nitrogens with one attached hydrogen (secondary N) is 1. The van der Waals surface area contributed by atoms with Gasteiger partial charge in [-0.3, -0.25) is 19.4 Å². The number of nitrogens with zero attached hydrogens (tertiary/aromatic N) is 5. The molecule has 7 aromatic rings. The number of para-hydroxylation sites is 1. The van der Waals surface area contributed by atoms with Crippen molar-refractivity contribution in [2.45, 2.75) is 62.7 Å². The normalized spacial score (nSPS) is 20.6. The molecule has 2 N–H and O–H groups in total. The molecule has 2 aromatic heterocycles. The van der Waals surface area contributed by atoms with Gasteiger partial charge in [0.15, 0.2) is 5.60 Å². The van der Waals surface area contributed by atoms with Gasteiger partial charge in [-0.05, 0) is 77.7 Å². The number of amides is 1. The molecule has 11 nitrogen and oxygen atoms in total. The van der Waals surface area contributed by atoms with Crippen molar-refractivity contribution < 1.29 is 19.4 Å². The molecular weight excluding hydrogens is 792 g/mol. The molecule has 2 aliphatic heterocycles. The van der Waals surface area contributed by atoms with E-state index in [0.717, 1.165) is 33.6 Å². The quantitative estimate of drug-likeness (QED) is 0.122. The highest BCUT2D eigenvalue weighted by molar-refractivity contribution is 6.91. The Labute approximate surface area is 354 Å². The third kappa shape index (κ3) is 6.68. The van der Waals surface area contributed by atoms with Gasteiger partial charge in [-0.15, -0.1) is 5.10 Å². The molecule has 5 atom stereocenters. The van der Waals surface area contributed by atoms with E-state index >= 15 is 4.79 Å². The molecule has 0 aliphatic carbocycles. The summed E-state index contributed by atoms with van der Waals surface area (Å²) in [6, 6.07) is 38.9. The minimum Gasteiger partial charge on any atom is -0.497 e. The zero-order valence-electron chi connectivity index (χ0n) is 34.0. The summed E-state index contributed by atoms with van der Waals surface area (Å²) in [7, 11) is -0.759. The highest BCUT2D eigenvalue weighted by Gasteiger charge is 2.66. The van der Waals surface area contributed by atoms with Gasteiger partial charge in [0.2, 0.25) is 0 Å². The van der Waals surface area contributed by atoms with Crippen molar-refractivity contribution in [3.8, 4) is 11.4 Å². The highest BCUT2D eigenvalue weighted by atomic mass is 35.5. The standard InChI is InChI=1S/C47H47ClN6O5Si/c1-30-44(60(3,4)36-20-18-35(58-2)19-21-36)43(23-24-52-28-41(49-51-52)38(29-55)32-12-6-5-7-13-32)59-47(30)39-26-33(48)17-22-42(39)53(46(47)57)27-31-11-10-14-34(25-31)54-45(56)37-15-8-9-16-40(37)50-54/h5-22,25-26,28,30,38,43-44,50,55H,23-24,27,29H2,1-4H3/t30-,38?,43+,44-,47+/m1/s1. The van der Waals surface area contributed by atoms with Crippen LogP contribution in [0.3, 0.4) is 0 Å². The summed E-state index contributed by atoms with van der Waals surface area (Å²) in [6.07, 6.45) is 2.15. The molecular formula is C47H47ClN6O5Si. The molecule has 0 bridgehead atoms. The van der Waals surface area contributed by atoms with Crippen molar-refractivity contribution >= 4 is 47.4 Å². The minimum absolute atomic E-state index is 0.00339. The number of carbonyl (C=O) groups is 1. The molecule has 4 heterocycles. The molecule has 0 saturated carbocycles. The summed E-state index contributed by atoms with van der Waals surface area (Å²) in [5.41, 5.74) is 4.01. The number of fused-ring (bicyclic) bond motifs is 3. The number of aliphatic hydroxyl groups is 1. The number of halogens is 1. The second-order valence-corrected chi connectivity index (χ2v) is 21.6. The largest absolute Gasteiger partial charge is 0.497 e. The van der Waals surface area contributed by atoms with Gasteiger partial charge in [-0.25, -0.2) is 4.68 Å². The number of methoxy groups -OCH3 is 1. The number of benzene rings is 5. The van der Waals surface area contributed by atoms with Crippen LogP contribution in [0, 0.1) is 5.92 Å². The van der Waals surface area contributed by atoms with E-state index in [-0.39, 0.29) is 48.1 Å². The number of aromatic amines is 1. The summed E-state index contributed by atoms with van der Waals surface area (Å²) in [6.45, 7) is 7.55. The number of aliphatic hydroxyl groups excluding tert-OH is 1. The molecule has 60 heavy (non-hydrogen) atoms. The van der Waals surface area contributed by atoms with E-state index in [2.05, 4.69) is 47.6 Å². The first-order valence-electron chi connectivity index (χ1n) is 20.3. The maximum atomic E-state index is 15.4. The van der Waals surface area contributed by atoms with Crippen LogP contribution >= 0.6 is 11.6 Å². The van der Waals surface area contributed by atoms with Crippen LogP contribution in [0.25, 0.3) is 16.6 Å². The van der Waals surface area contributed by atoms with Crippen molar-refractivity contribution in [1.29, 1.82) is 0 Å². The number of rotatable bonds is 12. The van der Waals surface area contributed by atoms with Gasteiger partial charge < -0.3 is 19.5 Å². The second kappa shape index (κ2) is 15.7. The average Bonchev–Trinajstić information content (AvgIpc) is 4.01. The van der Waals surface area contributed by atoms with Gasteiger partial charge >= 0.3 is 0 Å². The van der Waals surface area contributed by atoms with Gasteiger partial charge in [-0.1, -0.05) is 109 Å². The van der Waals surface area contributed by atoms with Crippen LogP contribution in [0.4, 0.5) is 5.69 Å². The van der Waals surface area contributed by atoms with Crippen LogP contribution in [0.1, 0.15) is 41.6 Å². The molecule has 5 aromatic carbocycles. The zero-order chi connectivity index (χ0) is 41.8. The van der Waals surface area contributed by atoms with E-state index < -0.39 is 13.7 Å². The molecule has 1 saturated heterocycles. The first-order chi connectivity index (χ1) is 29.0. The maximum absolute atomic E-state index is 15.4. The molecule has 9 rings (SSSR count). The summed E-state index contributed by atoms with van der Waals surface area (Å²) in [5.74, 6) is 0.117. The summed E-state index contributed by atoms with van der Waals surface area (Å²) in [5, 5.41) is 24.9. The number of aryl methyl sites for hydroxylation is 1. The molecule has 1 amide bonds. The molecule has 2 aliphatic rings. The fraction of sp³-hybridized carbons (Fsp3) is 0.277. The smallest absolute Gasteiger partial charge is 0.279 e. The molecule has 306 valence electrons. The van der Waals surface area contributed by atoms with E-state index in [1.54, 1.807) is 11.8 Å². The van der Waals surface area contributed by atoms with Crippen molar-refractivity contribution in [3.05, 3.63) is 165 Å². The third-order valence-corrected chi connectivity index (χ3v) is 17.4. The van der Waals surface area contributed by atoms with Gasteiger partial charge in [0.25, 0.3) is 11.5 Å². The molecule has 0 radical (unpaired) electrons. The lowest BCUT2D eigenvalue weighted by Crippen LogP contribution is -2.51. The van der Waals surface area contributed by atoms with Crippen molar-refractivity contribution in [2.75, 3.05) is 18.6 Å². The van der Waals surface area contributed by atoms with E-state index in [0.29, 0.717) is 34.8 Å². The third-order valence-electron chi connectivity index (χ3n) is 12.8.